The number of aromatic hydroxyl groups is 1. The number of benzene rings is 1. The van der Waals surface area contributed by atoms with Crippen molar-refractivity contribution in [2.75, 3.05) is 0 Å². The minimum Gasteiger partial charge on any atom is -0.507 e. The van der Waals surface area contributed by atoms with Gasteiger partial charge in [-0.15, -0.1) is 0 Å². The van der Waals surface area contributed by atoms with Crippen molar-refractivity contribution in [3.8, 4) is 5.75 Å². The summed E-state index contributed by atoms with van der Waals surface area (Å²) in [4.78, 5) is 12.0. The number of hydrogen-bond acceptors (Lipinski definition) is 3. The molecule has 0 saturated carbocycles. The first-order valence-corrected chi connectivity index (χ1v) is 6.05. The average molecular weight is 232 g/mol. The number of phenolic OH excluding ortho intramolecular Hbond substituents is 1. The van der Waals surface area contributed by atoms with Crippen LogP contribution < -0.4 is 0 Å². The van der Waals surface area contributed by atoms with Crippen LogP contribution >= 0.6 is 11.3 Å². The van der Waals surface area contributed by atoms with E-state index in [1.165, 1.54) is 11.3 Å². The van der Waals surface area contributed by atoms with Gasteiger partial charge in [0.05, 0.1) is 5.56 Å². The van der Waals surface area contributed by atoms with Gasteiger partial charge in [-0.05, 0) is 35.6 Å². The fraction of sp³-hybridized carbons (Fsp3) is 0.154. The number of phenols is 1. The molecule has 0 unspecified atom stereocenters. The Hall–Kier alpha value is -1.61. The molecule has 1 heterocycles. The highest BCUT2D eigenvalue weighted by Gasteiger charge is 2.14. The highest BCUT2D eigenvalue weighted by molar-refractivity contribution is 7.08. The van der Waals surface area contributed by atoms with Crippen LogP contribution in [0.1, 0.15) is 28.4 Å². The van der Waals surface area contributed by atoms with Gasteiger partial charge in [0.1, 0.15) is 5.75 Å². The lowest BCUT2D eigenvalue weighted by atomic mass is 10.0. The Labute approximate surface area is 98.2 Å². The van der Waals surface area contributed by atoms with Gasteiger partial charge in [-0.2, -0.15) is 11.3 Å². The zero-order valence-corrected chi connectivity index (χ0v) is 9.75. The smallest absolute Gasteiger partial charge is 0.197 e. The van der Waals surface area contributed by atoms with Crippen LogP contribution in [-0.2, 0) is 6.42 Å². The van der Waals surface area contributed by atoms with Gasteiger partial charge < -0.3 is 5.11 Å². The Bertz CT molecular complexity index is 501. The molecule has 1 aromatic heterocycles. The molecule has 82 valence electrons. The molecule has 2 nitrogen and oxygen atoms in total. The van der Waals surface area contributed by atoms with Gasteiger partial charge in [-0.1, -0.05) is 13.0 Å². The van der Waals surface area contributed by atoms with Crippen molar-refractivity contribution in [2.24, 2.45) is 0 Å². The molecule has 2 aromatic rings. The summed E-state index contributed by atoms with van der Waals surface area (Å²) in [5.41, 5.74) is 2.07. The maximum Gasteiger partial charge on any atom is 0.197 e. The van der Waals surface area contributed by atoms with Crippen molar-refractivity contribution in [3.05, 3.63) is 51.7 Å². The molecule has 0 aliphatic carbocycles. The van der Waals surface area contributed by atoms with E-state index in [4.69, 9.17) is 0 Å². The van der Waals surface area contributed by atoms with Crippen molar-refractivity contribution in [3.63, 3.8) is 0 Å². The first-order valence-electron chi connectivity index (χ1n) is 5.11. The Kier molecular flexibility index (Phi) is 3.06. The molecule has 16 heavy (non-hydrogen) atoms. The van der Waals surface area contributed by atoms with E-state index >= 15 is 0 Å². The quantitative estimate of drug-likeness (QED) is 0.825. The van der Waals surface area contributed by atoms with Crippen LogP contribution in [0.25, 0.3) is 0 Å². The van der Waals surface area contributed by atoms with Gasteiger partial charge in [0, 0.05) is 10.9 Å². The molecule has 1 aromatic carbocycles. The second-order valence-corrected chi connectivity index (χ2v) is 4.33. The van der Waals surface area contributed by atoms with Crippen LogP contribution in [0.3, 0.4) is 0 Å². The number of ketones is 1. The number of thiophene rings is 1. The van der Waals surface area contributed by atoms with Gasteiger partial charge in [0.25, 0.3) is 0 Å². The van der Waals surface area contributed by atoms with E-state index in [0.717, 1.165) is 12.0 Å². The minimum absolute atomic E-state index is 0.0494. The second-order valence-electron chi connectivity index (χ2n) is 3.55. The van der Waals surface area contributed by atoms with Crippen molar-refractivity contribution in [1.29, 1.82) is 0 Å². The van der Waals surface area contributed by atoms with Gasteiger partial charge in [0.15, 0.2) is 5.78 Å². The average Bonchev–Trinajstić information content (AvgIpc) is 2.82. The molecule has 0 aliphatic rings. The number of aryl methyl sites for hydroxylation is 1. The number of carbonyl (C=O) groups is 1. The van der Waals surface area contributed by atoms with Crippen LogP contribution in [0.4, 0.5) is 0 Å². The minimum atomic E-state index is -0.117. The monoisotopic (exact) mass is 232 g/mol. The van der Waals surface area contributed by atoms with Crippen LogP contribution in [0.15, 0.2) is 35.0 Å². The maximum absolute atomic E-state index is 12.0. The third-order valence-electron chi connectivity index (χ3n) is 2.50. The topological polar surface area (TPSA) is 37.3 Å². The summed E-state index contributed by atoms with van der Waals surface area (Å²) < 4.78 is 0. The second kappa shape index (κ2) is 4.49. The molecule has 1 N–H and O–H groups in total. The zero-order chi connectivity index (χ0) is 11.5. The lowest BCUT2D eigenvalue weighted by Crippen LogP contribution is -2.00. The molecular weight excluding hydrogens is 220 g/mol. The third kappa shape index (κ3) is 1.99. The first kappa shape index (κ1) is 10.9. The summed E-state index contributed by atoms with van der Waals surface area (Å²) in [7, 11) is 0. The molecule has 0 saturated heterocycles. The summed E-state index contributed by atoms with van der Waals surface area (Å²) >= 11 is 1.48. The SMILES string of the molecule is CCc1ccc(O)c(C(=O)c2ccsc2)c1. The molecule has 0 spiro atoms. The fourth-order valence-electron chi connectivity index (χ4n) is 1.53. The molecule has 0 atom stereocenters. The highest BCUT2D eigenvalue weighted by Crippen LogP contribution is 2.23. The van der Waals surface area contributed by atoms with E-state index in [2.05, 4.69) is 0 Å². The Balaban J connectivity index is 2.43. The molecule has 0 bridgehead atoms. The van der Waals surface area contributed by atoms with Crippen molar-refractivity contribution in [1.82, 2.24) is 0 Å². The maximum atomic E-state index is 12.0. The summed E-state index contributed by atoms with van der Waals surface area (Å²) in [6.07, 6.45) is 0.851. The normalized spacial score (nSPS) is 10.3. The van der Waals surface area contributed by atoms with Crippen LogP contribution in [0, 0.1) is 0 Å². The molecule has 0 aliphatic heterocycles. The number of carbonyl (C=O) groups excluding carboxylic acids is 1. The Morgan fingerprint density at radius 2 is 2.19 bits per heavy atom. The van der Waals surface area contributed by atoms with E-state index in [1.807, 2.05) is 18.4 Å². The standard InChI is InChI=1S/C13H12O2S/c1-2-9-3-4-12(14)11(7-9)13(15)10-5-6-16-8-10/h3-8,14H,2H2,1H3. The molecule has 0 radical (unpaired) electrons. The van der Waals surface area contributed by atoms with E-state index in [-0.39, 0.29) is 11.5 Å². The Morgan fingerprint density at radius 1 is 1.38 bits per heavy atom. The van der Waals surface area contributed by atoms with E-state index in [0.29, 0.717) is 11.1 Å². The van der Waals surface area contributed by atoms with Gasteiger partial charge in [0.2, 0.25) is 0 Å². The van der Waals surface area contributed by atoms with Crippen LogP contribution in [-0.4, -0.2) is 10.9 Å². The van der Waals surface area contributed by atoms with Crippen LogP contribution in [0.5, 0.6) is 5.75 Å². The van der Waals surface area contributed by atoms with Crippen LogP contribution in [0.2, 0.25) is 0 Å². The first-order chi connectivity index (χ1) is 7.72. The highest BCUT2D eigenvalue weighted by atomic mass is 32.1. The van der Waals surface area contributed by atoms with Crippen molar-refractivity contribution in [2.45, 2.75) is 13.3 Å². The summed E-state index contributed by atoms with van der Waals surface area (Å²) in [5.74, 6) is -0.0672. The van der Waals surface area contributed by atoms with Crippen molar-refractivity contribution >= 4 is 17.1 Å². The van der Waals surface area contributed by atoms with E-state index < -0.39 is 0 Å². The summed E-state index contributed by atoms with van der Waals surface area (Å²) in [6.45, 7) is 2.02. The van der Waals surface area contributed by atoms with E-state index in [1.54, 1.807) is 23.6 Å². The lowest BCUT2D eigenvalue weighted by Gasteiger charge is -2.04. The molecule has 0 fully saturated rings. The van der Waals surface area contributed by atoms with E-state index in [9.17, 15) is 9.90 Å². The summed E-state index contributed by atoms with van der Waals surface area (Å²) in [6, 6.07) is 6.94. The summed E-state index contributed by atoms with van der Waals surface area (Å²) in [5, 5.41) is 13.3. The van der Waals surface area contributed by atoms with Gasteiger partial charge >= 0.3 is 0 Å². The van der Waals surface area contributed by atoms with Crippen molar-refractivity contribution < 1.29 is 9.90 Å². The lowest BCUT2D eigenvalue weighted by molar-refractivity contribution is 0.103. The molecular formula is C13H12O2S. The van der Waals surface area contributed by atoms with Gasteiger partial charge in [-0.25, -0.2) is 0 Å². The largest absolute Gasteiger partial charge is 0.507 e. The third-order valence-corrected chi connectivity index (χ3v) is 3.18. The predicted octanol–water partition coefficient (Wildman–Crippen LogP) is 3.25. The van der Waals surface area contributed by atoms with Gasteiger partial charge in [-0.3, -0.25) is 4.79 Å². The molecule has 3 heteroatoms. The molecule has 0 amide bonds. The zero-order valence-electron chi connectivity index (χ0n) is 8.93. The number of hydrogen-bond donors (Lipinski definition) is 1. The number of rotatable bonds is 3. The fourth-order valence-corrected chi connectivity index (χ4v) is 2.17. The molecule has 2 rings (SSSR count). The predicted molar refractivity (Wildman–Crippen MR) is 65.2 cm³/mol. The Morgan fingerprint density at radius 3 is 2.81 bits per heavy atom.